The first-order valence-corrected chi connectivity index (χ1v) is 4.52. The zero-order chi connectivity index (χ0) is 8.81. The van der Waals surface area contributed by atoms with Gasteiger partial charge >= 0.3 is 0 Å². The fraction of sp³-hybridized carbons (Fsp3) is 0.700. The minimum Gasteiger partial charge on any atom is -0.500 e. The lowest BCUT2D eigenvalue weighted by atomic mass is 9.88. The van der Waals surface area contributed by atoms with E-state index in [4.69, 9.17) is 10.00 Å². The molecule has 0 aromatic rings. The molecular weight excluding hydrogens is 150 g/mol. The Morgan fingerprint density at radius 3 is 2.58 bits per heavy atom. The van der Waals surface area contributed by atoms with Crippen LogP contribution < -0.4 is 0 Å². The van der Waals surface area contributed by atoms with Crippen LogP contribution in [0, 0.1) is 17.2 Å². The average molecular weight is 165 g/mol. The van der Waals surface area contributed by atoms with Gasteiger partial charge in [0.1, 0.15) is 5.76 Å². The summed E-state index contributed by atoms with van der Waals surface area (Å²) in [5.74, 6) is 1.38. The van der Waals surface area contributed by atoms with Gasteiger partial charge in [0.15, 0.2) is 0 Å². The largest absolute Gasteiger partial charge is 0.500 e. The first-order valence-electron chi connectivity index (χ1n) is 4.52. The van der Waals surface area contributed by atoms with Crippen molar-refractivity contribution in [2.45, 2.75) is 32.1 Å². The maximum atomic E-state index is 8.49. The van der Waals surface area contributed by atoms with E-state index in [1.807, 2.05) is 6.07 Å². The topological polar surface area (TPSA) is 33.0 Å². The molecule has 1 aliphatic carbocycles. The van der Waals surface area contributed by atoms with Gasteiger partial charge in [-0.3, -0.25) is 0 Å². The van der Waals surface area contributed by atoms with Gasteiger partial charge in [0.2, 0.25) is 0 Å². The third-order valence-electron chi connectivity index (χ3n) is 2.45. The van der Waals surface area contributed by atoms with E-state index >= 15 is 0 Å². The second-order valence-electron chi connectivity index (χ2n) is 3.21. The van der Waals surface area contributed by atoms with E-state index < -0.39 is 0 Å². The molecule has 0 aromatic heterocycles. The van der Waals surface area contributed by atoms with Gasteiger partial charge in [0.25, 0.3) is 0 Å². The summed E-state index contributed by atoms with van der Waals surface area (Å²) in [6, 6.07) is 2.03. The van der Waals surface area contributed by atoms with Gasteiger partial charge in [0.05, 0.1) is 19.3 Å². The molecule has 2 nitrogen and oxygen atoms in total. The lowest BCUT2D eigenvalue weighted by Gasteiger charge is -2.22. The van der Waals surface area contributed by atoms with E-state index in [1.54, 1.807) is 7.11 Å². The van der Waals surface area contributed by atoms with Crippen LogP contribution >= 0.6 is 0 Å². The number of allylic oxidation sites excluding steroid dienone is 2. The number of ether oxygens (including phenoxy) is 1. The molecule has 1 fully saturated rings. The molecular formula is C10H15NO. The van der Waals surface area contributed by atoms with Crippen molar-refractivity contribution in [2.24, 2.45) is 5.92 Å². The van der Waals surface area contributed by atoms with Gasteiger partial charge in [-0.1, -0.05) is 19.3 Å². The fourth-order valence-corrected chi connectivity index (χ4v) is 1.79. The molecule has 0 heterocycles. The van der Waals surface area contributed by atoms with Crippen LogP contribution in [0.1, 0.15) is 32.1 Å². The molecule has 0 spiro atoms. The van der Waals surface area contributed by atoms with Gasteiger partial charge < -0.3 is 4.74 Å². The molecule has 0 aromatic carbocycles. The quantitative estimate of drug-likeness (QED) is 0.465. The third kappa shape index (κ3) is 2.27. The predicted octanol–water partition coefficient (Wildman–Crippen LogP) is 2.62. The molecule has 0 N–H and O–H groups in total. The Hall–Kier alpha value is -0.970. The number of nitrogens with zero attached hydrogens (tertiary/aromatic N) is 1. The van der Waals surface area contributed by atoms with Crippen molar-refractivity contribution >= 4 is 0 Å². The second kappa shape index (κ2) is 4.82. The maximum absolute atomic E-state index is 8.49. The molecule has 0 saturated heterocycles. The van der Waals surface area contributed by atoms with Crippen molar-refractivity contribution in [3.05, 3.63) is 11.8 Å². The number of hydrogen-bond donors (Lipinski definition) is 0. The normalized spacial score (nSPS) is 20.2. The molecule has 0 atom stereocenters. The van der Waals surface area contributed by atoms with Crippen LogP contribution in [0.2, 0.25) is 0 Å². The lowest BCUT2D eigenvalue weighted by Crippen LogP contribution is -2.10. The summed E-state index contributed by atoms with van der Waals surface area (Å²) in [6.07, 6.45) is 7.78. The van der Waals surface area contributed by atoms with Crippen LogP contribution in [0.3, 0.4) is 0 Å². The molecule has 0 aliphatic heterocycles. The zero-order valence-electron chi connectivity index (χ0n) is 7.55. The summed E-state index contributed by atoms with van der Waals surface area (Å²) >= 11 is 0. The van der Waals surface area contributed by atoms with E-state index in [0.717, 1.165) is 5.76 Å². The van der Waals surface area contributed by atoms with Crippen LogP contribution in [-0.2, 0) is 4.74 Å². The van der Waals surface area contributed by atoms with Crippen LogP contribution in [0.15, 0.2) is 11.8 Å². The van der Waals surface area contributed by atoms with Crippen molar-refractivity contribution < 1.29 is 4.74 Å². The van der Waals surface area contributed by atoms with Crippen molar-refractivity contribution in [3.63, 3.8) is 0 Å². The number of rotatable bonds is 2. The van der Waals surface area contributed by atoms with E-state index in [-0.39, 0.29) is 0 Å². The number of nitriles is 1. The van der Waals surface area contributed by atoms with Gasteiger partial charge in [-0.25, -0.2) is 0 Å². The Bertz CT molecular complexity index is 196. The Labute approximate surface area is 73.8 Å². The van der Waals surface area contributed by atoms with E-state index in [9.17, 15) is 0 Å². The Morgan fingerprint density at radius 2 is 2.08 bits per heavy atom. The van der Waals surface area contributed by atoms with Gasteiger partial charge in [-0.15, -0.1) is 0 Å². The van der Waals surface area contributed by atoms with Crippen molar-refractivity contribution in [2.75, 3.05) is 7.11 Å². The van der Waals surface area contributed by atoms with Gasteiger partial charge in [-0.2, -0.15) is 5.26 Å². The Balaban J connectivity index is 2.53. The lowest BCUT2D eigenvalue weighted by molar-refractivity contribution is 0.214. The summed E-state index contributed by atoms with van der Waals surface area (Å²) in [5.41, 5.74) is 0. The van der Waals surface area contributed by atoms with Crippen LogP contribution in [0.5, 0.6) is 0 Å². The standard InChI is InChI=1S/C10H15NO/c1-12-10(7-8-11)9-5-3-2-4-6-9/h7,9H,2-6H2,1H3/b10-7-. The molecule has 0 unspecified atom stereocenters. The monoisotopic (exact) mass is 165 g/mol. The first-order chi connectivity index (χ1) is 5.88. The van der Waals surface area contributed by atoms with Crippen LogP contribution in [-0.4, -0.2) is 7.11 Å². The summed E-state index contributed by atoms with van der Waals surface area (Å²) < 4.78 is 5.17. The molecule has 1 saturated carbocycles. The van der Waals surface area contributed by atoms with E-state index in [0.29, 0.717) is 5.92 Å². The average Bonchev–Trinajstić information content (AvgIpc) is 2.15. The highest BCUT2D eigenvalue weighted by Crippen LogP contribution is 2.29. The van der Waals surface area contributed by atoms with Crippen molar-refractivity contribution in [3.8, 4) is 6.07 Å². The highest BCUT2D eigenvalue weighted by Gasteiger charge is 2.17. The minimum absolute atomic E-state index is 0.503. The fourth-order valence-electron chi connectivity index (χ4n) is 1.79. The van der Waals surface area contributed by atoms with Crippen LogP contribution in [0.25, 0.3) is 0 Å². The SMILES string of the molecule is CO/C(=C\C#N)C1CCCCC1. The third-order valence-corrected chi connectivity index (χ3v) is 2.45. The highest BCUT2D eigenvalue weighted by atomic mass is 16.5. The van der Waals surface area contributed by atoms with Gasteiger partial charge in [0, 0.05) is 5.92 Å². The smallest absolute Gasteiger partial charge is 0.109 e. The predicted molar refractivity (Wildman–Crippen MR) is 47.3 cm³/mol. The molecule has 2 heteroatoms. The molecule has 1 rings (SSSR count). The van der Waals surface area contributed by atoms with Gasteiger partial charge in [-0.05, 0) is 12.8 Å². The molecule has 12 heavy (non-hydrogen) atoms. The van der Waals surface area contributed by atoms with Crippen LogP contribution in [0.4, 0.5) is 0 Å². The summed E-state index contributed by atoms with van der Waals surface area (Å²) in [6.45, 7) is 0. The molecule has 66 valence electrons. The second-order valence-corrected chi connectivity index (χ2v) is 3.21. The summed E-state index contributed by atoms with van der Waals surface area (Å²) in [7, 11) is 1.65. The highest BCUT2D eigenvalue weighted by molar-refractivity contribution is 5.11. The first kappa shape index (κ1) is 9.12. The molecule has 0 bridgehead atoms. The summed E-state index contributed by atoms with van der Waals surface area (Å²) in [5, 5.41) is 8.49. The summed E-state index contributed by atoms with van der Waals surface area (Å²) in [4.78, 5) is 0. The molecule has 0 radical (unpaired) electrons. The Morgan fingerprint density at radius 1 is 1.42 bits per heavy atom. The molecule has 1 aliphatic rings. The van der Waals surface area contributed by atoms with Crippen molar-refractivity contribution in [1.29, 1.82) is 5.26 Å². The van der Waals surface area contributed by atoms with E-state index in [2.05, 4.69) is 0 Å². The minimum atomic E-state index is 0.503. The Kier molecular flexibility index (Phi) is 3.66. The zero-order valence-corrected chi connectivity index (χ0v) is 7.55. The number of hydrogen-bond acceptors (Lipinski definition) is 2. The maximum Gasteiger partial charge on any atom is 0.109 e. The molecule has 0 amide bonds. The number of methoxy groups -OCH3 is 1. The van der Waals surface area contributed by atoms with Crippen molar-refractivity contribution in [1.82, 2.24) is 0 Å². The van der Waals surface area contributed by atoms with E-state index in [1.165, 1.54) is 38.2 Å².